The summed E-state index contributed by atoms with van der Waals surface area (Å²) in [5.41, 5.74) is 7.66. The zero-order chi connectivity index (χ0) is 26.2. The molecular formula is C36H22N4. The molecule has 9 rings (SSSR count). The zero-order valence-electron chi connectivity index (χ0n) is 21.5. The first-order chi connectivity index (χ1) is 19.8. The molecule has 0 aliphatic rings. The molecule has 0 bridgehead atoms. The molecule has 0 saturated heterocycles. The Balaban J connectivity index is 1.42. The van der Waals surface area contributed by atoms with Crippen LogP contribution < -0.4 is 0 Å². The SMILES string of the molecule is c1ccc(-c2cccc(-n3c4ccccc4c4cc5c(cc43)cc3c4ccccc4c4ccccc4n53)n2)nc1. The molecule has 5 aromatic heterocycles. The van der Waals surface area contributed by atoms with Gasteiger partial charge < -0.3 is 4.40 Å². The Labute approximate surface area is 229 Å². The average molecular weight is 511 g/mol. The van der Waals surface area contributed by atoms with Gasteiger partial charge in [0, 0.05) is 33.1 Å². The molecule has 4 heteroatoms. The second-order valence-electron chi connectivity index (χ2n) is 10.3. The Morgan fingerprint density at radius 2 is 1.07 bits per heavy atom. The minimum atomic E-state index is 0.859. The van der Waals surface area contributed by atoms with Gasteiger partial charge in [-0.05, 0) is 60.0 Å². The zero-order valence-corrected chi connectivity index (χ0v) is 21.5. The molecule has 0 fully saturated rings. The number of benzene rings is 4. The van der Waals surface area contributed by atoms with Crippen LogP contribution in [0.5, 0.6) is 0 Å². The van der Waals surface area contributed by atoms with Gasteiger partial charge in [0.2, 0.25) is 0 Å². The van der Waals surface area contributed by atoms with Crippen molar-refractivity contribution in [2.75, 3.05) is 0 Å². The molecule has 4 aromatic carbocycles. The van der Waals surface area contributed by atoms with E-state index >= 15 is 0 Å². The van der Waals surface area contributed by atoms with Gasteiger partial charge in [0.25, 0.3) is 0 Å². The van der Waals surface area contributed by atoms with Crippen molar-refractivity contribution >= 4 is 59.9 Å². The van der Waals surface area contributed by atoms with Crippen LogP contribution in [0.4, 0.5) is 0 Å². The minimum Gasteiger partial charge on any atom is -0.309 e. The van der Waals surface area contributed by atoms with Crippen LogP contribution in [0.3, 0.4) is 0 Å². The Morgan fingerprint density at radius 1 is 0.425 bits per heavy atom. The first-order valence-corrected chi connectivity index (χ1v) is 13.5. The number of para-hydroxylation sites is 2. The lowest BCUT2D eigenvalue weighted by Crippen LogP contribution is -1.99. The standard InChI is InChI=1S/C36H22N4/c1-2-12-26-24(10-1)25-11-3-5-16-31(25)39-33-22-28-27-13-4-6-17-32(27)40(35(28)21-23(33)20-34(26)39)36-18-9-15-30(38-36)29-14-7-8-19-37-29/h1-22H. The van der Waals surface area contributed by atoms with E-state index in [2.05, 4.69) is 117 Å². The largest absolute Gasteiger partial charge is 0.309 e. The number of rotatable bonds is 2. The van der Waals surface area contributed by atoms with Crippen LogP contribution in [-0.4, -0.2) is 18.9 Å². The third-order valence-corrected chi connectivity index (χ3v) is 8.12. The summed E-state index contributed by atoms with van der Waals surface area (Å²) in [7, 11) is 0. The van der Waals surface area contributed by atoms with Gasteiger partial charge in [-0.2, -0.15) is 0 Å². The van der Waals surface area contributed by atoms with Crippen molar-refractivity contribution in [3.63, 3.8) is 0 Å². The summed E-state index contributed by atoms with van der Waals surface area (Å²) in [4.78, 5) is 9.62. The van der Waals surface area contributed by atoms with Crippen molar-refractivity contribution in [2.24, 2.45) is 0 Å². The number of pyridine rings is 3. The van der Waals surface area contributed by atoms with Gasteiger partial charge in [0.1, 0.15) is 5.82 Å². The van der Waals surface area contributed by atoms with Gasteiger partial charge in [-0.15, -0.1) is 0 Å². The third-order valence-electron chi connectivity index (χ3n) is 8.12. The van der Waals surface area contributed by atoms with E-state index in [9.17, 15) is 0 Å². The molecular weight excluding hydrogens is 488 g/mol. The highest BCUT2D eigenvalue weighted by molar-refractivity contribution is 6.18. The van der Waals surface area contributed by atoms with Crippen molar-refractivity contribution in [3.05, 3.63) is 134 Å². The summed E-state index contributed by atoms with van der Waals surface area (Å²) in [6.45, 7) is 0. The molecule has 0 saturated carbocycles. The van der Waals surface area contributed by atoms with Crippen LogP contribution in [0.25, 0.3) is 77.1 Å². The number of nitrogens with zero attached hydrogens (tertiary/aromatic N) is 4. The maximum Gasteiger partial charge on any atom is 0.138 e. The van der Waals surface area contributed by atoms with Gasteiger partial charge in [-0.25, -0.2) is 4.98 Å². The smallest absolute Gasteiger partial charge is 0.138 e. The van der Waals surface area contributed by atoms with Crippen molar-refractivity contribution in [3.8, 4) is 17.2 Å². The fourth-order valence-corrected chi connectivity index (χ4v) is 6.42. The summed E-state index contributed by atoms with van der Waals surface area (Å²) in [6, 6.07) is 45.2. The molecule has 40 heavy (non-hydrogen) atoms. The Kier molecular flexibility index (Phi) is 4.30. The fraction of sp³-hybridized carbons (Fsp3) is 0. The van der Waals surface area contributed by atoms with E-state index in [1.165, 1.54) is 48.9 Å². The molecule has 0 N–H and O–H groups in total. The van der Waals surface area contributed by atoms with E-state index in [0.29, 0.717) is 0 Å². The van der Waals surface area contributed by atoms with Gasteiger partial charge in [-0.1, -0.05) is 72.8 Å². The molecule has 9 aromatic rings. The van der Waals surface area contributed by atoms with Gasteiger partial charge in [0.15, 0.2) is 0 Å². The molecule has 0 spiro atoms. The van der Waals surface area contributed by atoms with E-state index in [1.54, 1.807) is 0 Å². The van der Waals surface area contributed by atoms with Gasteiger partial charge in [0.05, 0.1) is 39.0 Å². The molecule has 4 nitrogen and oxygen atoms in total. The van der Waals surface area contributed by atoms with Crippen LogP contribution in [0, 0.1) is 0 Å². The minimum absolute atomic E-state index is 0.859. The van der Waals surface area contributed by atoms with Crippen LogP contribution in [-0.2, 0) is 0 Å². The van der Waals surface area contributed by atoms with E-state index in [4.69, 9.17) is 4.98 Å². The highest BCUT2D eigenvalue weighted by Gasteiger charge is 2.18. The Hall–Kier alpha value is -5.48. The number of hydrogen-bond donors (Lipinski definition) is 0. The second-order valence-corrected chi connectivity index (χ2v) is 10.3. The van der Waals surface area contributed by atoms with Crippen molar-refractivity contribution in [1.82, 2.24) is 18.9 Å². The maximum atomic E-state index is 5.09. The monoisotopic (exact) mass is 510 g/mol. The van der Waals surface area contributed by atoms with E-state index in [-0.39, 0.29) is 0 Å². The predicted molar refractivity (Wildman–Crippen MR) is 165 cm³/mol. The summed E-state index contributed by atoms with van der Waals surface area (Å²) >= 11 is 0. The third kappa shape index (κ3) is 2.90. The van der Waals surface area contributed by atoms with Gasteiger partial charge >= 0.3 is 0 Å². The highest BCUT2D eigenvalue weighted by atomic mass is 15.1. The lowest BCUT2D eigenvalue weighted by atomic mass is 10.1. The lowest BCUT2D eigenvalue weighted by Gasteiger charge is -2.10. The molecule has 0 atom stereocenters. The Bertz CT molecular complexity index is 2430. The number of aromatic nitrogens is 4. The summed E-state index contributed by atoms with van der Waals surface area (Å²) in [5, 5.41) is 7.44. The van der Waals surface area contributed by atoms with Gasteiger partial charge in [-0.3, -0.25) is 9.55 Å². The molecule has 0 aliphatic heterocycles. The first kappa shape index (κ1) is 21.5. The average Bonchev–Trinajstić information content (AvgIpc) is 3.56. The van der Waals surface area contributed by atoms with E-state index < -0.39 is 0 Å². The first-order valence-electron chi connectivity index (χ1n) is 13.5. The van der Waals surface area contributed by atoms with E-state index in [1.807, 2.05) is 30.5 Å². The summed E-state index contributed by atoms with van der Waals surface area (Å²) in [6.07, 6.45) is 1.81. The van der Waals surface area contributed by atoms with Crippen molar-refractivity contribution in [2.45, 2.75) is 0 Å². The summed E-state index contributed by atoms with van der Waals surface area (Å²) in [5.74, 6) is 0.883. The molecule has 0 aliphatic carbocycles. The fourth-order valence-electron chi connectivity index (χ4n) is 6.42. The summed E-state index contributed by atoms with van der Waals surface area (Å²) < 4.78 is 4.72. The number of fused-ring (bicyclic) bond motifs is 11. The highest BCUT2D eigenvalue weighted by Crippen LogP contribution is 2.39. The van der Waals surface area contributed by atoms with Crippen molar-refractivity contribution < 1.29 is 0 Å². The molecule has 0 radical (unpaired) electrons. The second kappa shape index (κ2) is 8.01. The van der Waals surface area contributed by atoms with Crippen LogP contribution in [0.2, 0.25) is 0 Å². The Morgan fingerprint density at radius 3 is 1.88 bits per heavy atom. The normalized spacial score (nSPS) is 12.0. The molecule has 0 amide bonds. The molecule has 0 unspecified atom stereocenters. The van der Waals surface area contributed by atoms with Crippen molar-refractivity contribution in [1.29, 1.82) is 0 Å². The molecule has 186 valence electrons. The number of hydrogen-bond acceptors (Lipinski definition) is 2. The predicted octanol–water partition coefficient (Wildman–Crippen LogP) is 8.95. The lowest BCUT2D eigenvalue weighted by molar-refractivity contribution is 1.08. The maximum absolute atomic E-state index is 5.09. The van der Waals surface area contributed by atoms with Crippen LogP contribution >= 0.6 is 0 Å². The van der Waals surface area contributed by atoms with Crippen LogP contribution in [0.15, 0.2) is 134 Å². The van der Waals surface area contributed by atoms with Crippen LogP contribution in [0.1, 0.15) is 0 Å². The quantitative estimate of drug-likeness (QED) is 0.218. The topological polar surface area (TPSA) is 35.1 Å². The van der Waals surface area contributed by atoms with E-state index in [0.717, 1.165) is 28.2 Å². The molecule has 5 heterocycles.